The summed E-state index contributed by atoms with van der Waals surface area (Å²) in [5, 5.41) is 7.62. The third kappa shape index (κ3) is 5.61. The van der Waals surface area contributed by atoms with Gasteiger partial charge in [0.2, 0.25) is 10.0 Å². The Labute approximate surface area is 118 Å². The Morgan fingerprint density at radius 3 is 2.40 bits per heavy atom. The summed E-state index contributed by atoms with van der Waals surface area (Å²) < 4.78 is 47.6. The van der Waals surface area contributed by atoms with Crippen LogP contribution in [0.5, 0.6) is 0 Å². The summed E-state index contributed by atoms with van der Waals surface area (Å²) in [6, 6.07) is 4.71. The Morgan fingerprint density at radius 1 is 1.25 bits per heavy atom. The molecule has 2 N–H and O–H groups in total. The number of sulfone groups is 1. The van der Waals surface area contributed by atoms with Gasteiger partial charge in [-0.25, -0.2) is 16.8 Å². The summed E-state index contributed by atoms with van der Waals surface area (Å²) in [5.74, 6) is 5.17. The van der Waals surface area contributed by atoms with Gasteiger partial charge >= 0.3 is 0 Å². The average molecular weight is 317 g/mol. The molecule has 0 atom stereocenters. The summed E-state index contributed by atoms with van der Waals surface area (Å²) in [7, 11) is -7.59. The Morgan fingerprint density at radius 2 is 1.90 bits per heavy atom. The molecule has 0 aliphatic carbocycles. The molecular formula is C12H15NO5S2. The van der Waals surface area contributed by atoms with E-state index in [4.69, 9.17) is 5.11 Å². The van der Waals surface area contributed by atoms with E-state index < -0.39 is 24.9 Å². The molecular weight excluding hydrogens is 302 g/mol. The van der Waals surface area contributed by atoms with Crippen molar-refractivity contribution in [3.05, 3.63) is 29.3 Å². The van der Waals surface area contributed by atoms with E-state index in [2.05, 4.69) is 16.6 Å². The van der Waals surface area contributed by atoms with Crippen molar-refractivity contribution >= 4 is 25.5 Å². The predicted molar refractivity (Wildman–Crippen MR) is 77.4 cm³/mol. The second-order valence-electron chi connectivity index (χ2n) is 4.25. The molecule has 0 radical (unpaired) electrons. The molecule has 0 aromatic heterocycles. The number of rotatable bonds is 4. The Balaban J connectivity index is 3.00. The number of hydrogen-bond acceptors (Lipinski definition) is 5. The van der Waals surface area contributed by atoms with E-state index >= 15 is 0 Å². The van der Waals surface area contributed by atoms with Gasteiger partial charge in [0, 0.05) is 11.8 Å². The summed E-state index contributed by atoms with van der Waals surface area (Å²) in [4.78, 5) is 0. The molecule has 0 heterocycles. The molecule has 6 nitrogen and oxygen atoms in total. The van der Waals surface area contributed by atoms with Gasteiger partial charge in [0.25, 0.3) is 0 Å². The van der Waals surface area contributed by atoms with E-state index in [9.17, 15) is 16.8 Å². The zero-order valence-corrected chi connectivity index (χ0v) is 12.7. The van der Waals surface area contributed by atoms with Crippen LogP contribution in [0.25, 0.3) is 0 Å². The molecule has 0 saturated carbocycles. The molecule has 0 aliphatic rings. The monoisotopic (exact) mass is 317 g/mol. The minimum Gasteiger partial charge on any atom is -0.384 e. The van der Waals surface area contributed by atoms with E-state index in [-0.39, 0.29) is 6.61 Å². The summed E-state index contributed by atoms with van der Waals surface area (Å²) in [6.07, 6.45) is 0.854. The van der Waals surface area contributed by atoms with Gasteiger partial charge in [-0.3, -0.25) is 4.72 Å². The highest BCUT2D eigenvalue weighted by Gasteiger charge is 2.18. The third-order valence-electron chi connectivity index (χ3n) is 2.17. The van der Waals surface area contributed by atoms with Crippen LogP contribution in [-0.2, 0) is 19.9 Å². The van der Waals surface area contributed by atoms with Crippen LogP contribution in [-0.4, -0.2) is 39.9 Å². The van der Waals surface area contributed by atoms with Crippen molar-refractivity contribution < 1.29 is 21.9 Å². The van der Waals surface area contributed by atoms with Crippen LogP contribution in [0, 0.1) is 18.8 Å². The fraction of sp³-hybridized carbons (Fsp3) is 0.333. The van der Waals surface area contributed by atoms with Crippen molar-refractivity contribution in [2.75, 3.05) is 22.7 Å². The number of sulfonamides is 1. The van der Waals surface area contributed by atoms with Crippen LogP contribution in [0.15, 0.2) is 18.2 Å². The van der Waals surface area contributed by atoms with Crippen molar-refractivity contribution in [2.45, 2.75) is 6.92 Å². The van der Waals surface area contributed by atoms with E-state index in [1.807, 2.05) is 0 Å². The van der Waals surface area contributed by atoms with Crippen molar-refractivity contribution in [2.24, 2.45) is 0 Å². The number of hydrogen-bond donors (Lipinski definition) is 2. The molecule has 1 aromatic carbocycles. The number of anilines is 1. The lowest BCUT2D eigenvalue weighted by Gasteiger charge is -2.10. The maximum Gasteiger partial charge on any atom is 0.247 e. The number of aliphatic hydroxyl groups is 1. The number of nitrogens with one attached hydrogen (secondary N) is 1. The minimum absolute atomic E-state index is 0.262. The van der Waals surface area contributed by atoms with Gasteiger partial charge in [0.1, 0.15) is 6.61 Å². The van der Waals surface area contributed by atoms with Crippen LogP contribution in [0.2, 0.25) is 0 Å². The van der Waals surface area contributed by atoms with Gasteiger partial charge in [0.05, 0.1) is 5.69 Å². The molecule has 20 heavy (non-hydrogen) atoms. The SMILES string of the molecule is Cc1cc(C#CCO)ccc1NS(=O)(=O)CS(C)(=O)=O. The van der Waals surface area contributed by atoms with E-state index in [0.29, 0.717) is 16.8 Å². The van der Waals surface area contributed by atoms with Gasteiger partial charge in [-0.1, -0.05) is 11.8 Å². The van der Waals surface area contributed by atoms with Gasteiger partial charge in [0.15, 0.2) is 14.9 Å². The number of aliphatic hydroxyl groups excluding tert-OH is 1. The fourth-order valence-electron chi connectivity index (χ4n) is 1.48. The molecule has 1 rings (SSSR count). The Hall–Kier alpha value is -1.56. The molecule has 1 aromatic rings. The second kappa shape index (κ2) is 6.26. The van der Waals surface area contributed by atoms with E-state index in [1.54, 1.807) is 19.1 Å². The molecule has 8 heteroatoms. The van der Waals surface area contributed by atoms with Crippen LogP contribution < -0.4 is 4.72 Å². The highest BCUT2D eigenvalue weighted by atomic mass is 32.3. The highest BCUT2D eigenvalue weighted by molar-refractivity contribution is 8.08. The summed E-state index contributed by atoms with van der Waals surface area (Å²) >= 11 is 0. The van der Waals surface area contributed by atoms with Gasteiger partial charge in [-0.2, -0.15) is 0 Å². The summed E-state index contributed by atoms with van der Waals surface area (Å²) in [6.45, 7) is 1.41. The lowest BCUT2D eigenvalue weighted by molar-refractivity contribution is 0.350. The quantitative estimate of drug-likeness (QED) is 0.766. The molecule has 0 unspecified atom stereocenters. The highest BCUT2D eigenvalue weighted by Crippen LogP contribution is 2.18. The molecule has 0 fully saturated rings. The van der Waals surface area contributed by atoms with Crippen LogP contribution >= 0.6 is 0 Å². The minimum atomic E-state index is -3.96. The normalized spacial score (nSPS) is 11.6. The smallest absolute Gasteiger partial charge is 0.247 e. The van der Waals surface area contributed by atoms with Crippen molar-refractivity contribution in [3.8, 4) is 11.8 Å². The van der Waals surface area contributed by atoms with Gasteiger partial charge < -0.3 is 5.11 Å². The molecule has 0 aliphatic heterocycles. The lowest BCUT2D eigenvalue weighted by Crippen LogP contribution is -2.22. The maximum absolute atomic E-state index is 11.7. The zero-order chi connectivity index (χ0) is 15.4. The second-order valence-corrected chi connectivity index (χ2v) is 8.48. The van der Waals surface area contributed by atoms with Gasteiger partial charge in [-0.15, -0.1) is 0 Å². The Bertz CT molecular complexity index is 755. The standard InChI is InChI=1S/C12H15NO5S2/c1-10-8-11(4-3-7-14)5-6-12(10)13-20(17,18)9-19(2,15)16/h5-6,8,13-14H,7,9H2,1-2H3. The van der Waals surface area contributed by atoms with Crippen molar-refractivity contribution in [1.29, 1.82) is 0 Å². The average Bonchev–Trinajstić information content (AvgIpc) is 2.26. The van der Waals surface area contributed by atoms with Crippen LogP contribution in [0.1, 0.15) is 11.1 Å². The third-order valence-corrected chi connectivity index (χ3v) is 5.66. The van der Waals surface area contributed by atoms with Gasteiger partial charge in [-0.05, 0) is 30.7 Å². The first-order chi connectivity index (χ1) is 9.13. The zero-order valence-electron chi connectivity index (χ0n) is 11.0. The maximum atomic E-state index is 11.7. The first kappa shape index (κ1) is 16.5. The first-order valence-electron chi connectivity index (χ1n) is 5.51. The van der Waals surface area contributed by atoms with Crippen LogP contribution in [0.3, 0.4) is 0 Å². The predicted octanol–water partition coefficient (Wildman–Crippen LogP) is 0.0826. The topological polar surface area (TPSA) is 101 Å². The number of benzene rings is 1. The molecule has 110 valence electrons. The first-order valence-corrected chi connectivity index (χ1v) is 9.23. The largest absolute Gasteiger partial charge is 0.384 e. The summed E-state index contributed by atoms with van der Waals surface area (Å²) in [5.41, 5.74) is 1.53. The van der Waals surface area contributed by atoms with Crippen LogP contribution in [0.4, 0.5) is 5.69 Å². The van der Waals surface area contributed by atoms with E-state index in [1.165, 1.54) is 6.07 Å². The van der Waals surface area contributed by atoms with Crippen molar-refractivity contribution in [1.82, 2.24) is 0 Å². The van der Waals surface area contributed by atoms with Crippen molar-refractivity contribution in [3.63, 3.8) is 0 Å². The fourth-order valence-corrected chi connectivity index (χ4v) is 4.53. The molecule has 0 spiro atoms. The Kier molecular flexibility index (Phi) is 5.16. The lowest BCUT2D eigenvalue weighted by atomic mass is 10.1. The van der Waals surface area contributed by atoms with E-state index in [0.717, 1.165) is 6.26 Å². The number of aryl methyl sites for hydroxylation is 1. The molecule has 0 saturated heterocycles. The molecule has 0 bridgehead atoms. The molecule has 0 amide bonds.